The average Bonchev–Trinajstić information content (AvgIpc) is 3.18. The highest BCUT2D eigenvalue weighted by Crippen LogP contribution is 2.35. The zero-order valence-corrected chi connectivity index (χ0v) is 28.0. The summed E-state index contributed by atoms with van der Waals surface area (Å²) >= 11 is 0. The number of hydrogen-bond acceptors (Lipinski definition) is 4. The van der Waals surface area contributed by atoms with Crippen LogP contribution in [0, 0.1) is 13.8 Å². The van der Waals surface area contributed by atoms with Gasteiger partial charge < -0.3 is 0 Å². The summed E-state index contributed by atoms with van der Waals surface area (Å²) in [6.45, 7) is 4.01. The Morgan fingerprint density at radius 1 is 0.260 bits per heavy atom. The maximum absolute atomic E-state index is 5.17. The van der Waals surface area contributed by atoms with Crippen LogP contribution in [0.1, 0.15) is 11.4 Å². The van der Waals surface area contributed by atoms with Crippen LogP contribution in [-0.4, -0.2) is 19.9 Å². The van der Waals surface area contributed by atoms with Crippen molar-refractivity contribution < 1.29 is 0 Å². The molecule has 0 amide bonds. The molecule has 238 valence electrons. The largest absolute Gasteiger partial charge is 0.233 e. The van der Waals surface area contributed by atoms with Gasteiger partial charge in [0.2, 0.25) is 0 Å². The van der Waals surface area contributed by atoms with E-state index >= 15 is 0 Å². The van der Waals surface area contributed by atoms with Gasteiger partial charge in [-0.1, -0.05) is 140 Å². The minimum absolute atomic E-state index is 0.675. The summed E-state index contributed by atoms with van der Waals surface area (Å²) < 4.78 is 0. The van der Waals surface area contributed by atoms with Gasteiger partial charge in [-0.3, -0.25) is 0 Å². The van der Waals surface area contributed by atoms with Crippen molar-refractivity contribution in [1.82, 2.24) is 19.9 Å². The van der Waals surface area contributed by atoms with Crippen LogP contribution in [0.3, 0.4) is 0 Å². The van der Waals surface area contributed by atoms with Crippen LogP contribution in [-0.2, 0) is 0 Å². The van der Waals surface area contributed by atoms with Gasteiger partial charge in [-0.05, 0) is 77.6 Å². The van der Waals surface area contributed by atoms with E-state index in [9.17, 15) is 0 Å². The first kappa shape index (κ1) is 30.8. The summed E-state index contributed by atoms with van der Waals surface area (Å²) in [7, 11) is 0. The first-order chi connectivity index (χ1) is 24.6. The monoisotopic (exact) mass is 642 g/mol. The molecule has 6 aromatic carbocycles. The molecule has 50 heavy (non-hydrogen) atoms. The molecule has 8 aromatic rings. The highest BCUT2D eigenvalue weighted by atomic mass is 14.9. The van der Waals surface area contributed by atoms with E-state index in [0.717, 1.165) is 73.1 Å². The minimum Gasteiger partial charge on any atom is -0.233 e. The average molecular weight is 643 g/mol. The molecule has 0 saturated carbocycles. The van der Waals surface area contributed by atoms with E-state index < -0.39 is 0 Å². The lowest BCUT2D eigenvalue weighted by molar-refractivity contribution is 1.06. The summed E-state index contributed by atoms with van der Waals surface area (Å²) in [5.74, 6) is 1.41. The Balaban J connectivity index is 1.27. The van der Waals surface area contributed by atoms with Gasteiger partial charge in [0.15, 0.2) is 11.6 Å². The number of benzene rings is 6. The Hall–Kier alpha value is -6.52. The number of rotatable bonds is 7. The van der Waals surface area contributed by atoms with Crippen molar-refractivity contribution >= 4 is 0 Å². The molecule has 4 heteroatoms. The molecule has 0 bridgehead atoms. The summed E-state index contributed by atoms with van der Waals surface area (Å²) in [6.07, 6.45) is 0. The minimum atomic E-state index is 0.675. The Labute approximate surface area is 292 Å². The van der Waals surface area contributed by atoms with Crippen molar-refractivity contribution in [2.24, 2.45) is 0 Å². The molecule has 4 nitrogen and oxygen atoms in total. The quantitative estimate of drug-likeness (QED) is 0.174. The van der Waals surface area contributed by atoms with E-state index in [4.69, 9.17) is 9.97 Å². The van der Waals surface area contributed by atoms with E-state index in [1.165, 1.54) is 11.1 Å². The van der Waals surface area contributed by atoms with Gasteiger partial charge in [-0.25, -0.2) is 19.9 Å². The maximum Gasteiger partial charge on any atom is 0.160 e. The molecule has 0 atom stereocenters. The van der Waals surface area contributed by atoms with Crippen LogP contribution >= 0.6 is 0 Å². The molecule has 0 aliphatic carbocycles. The van der Waals surface area contributed by atoms with Gasteiger partial charge in [0.05, 0.1) is 11.4 Å². The normalized spacial score (nSPS) is 11.0. The molecule has 2 heterocycles. The molecule has 0 unspecified atom stereocenters. The Morgan fingerprint density at radius 3 is 1.06 bits per heavy atom. The van der Waals surface area contributed by atoms with Crippen molar-refractivity contribution in [2.75, 3.05) is 0 Å². The fourth-order valence-electron chi connectivity index (χ4n) is 6.33. The zero-order chi connectivity index (χ0) is 33.9. The number of hydrogen-bond donors (Lipinski definition) is 0. The zero-order valence-electron chi connectivity index (χ0n) is 28.0. The molecule has 0 N–H and O–H groups in total. The predicted octanol–water partition coefficient (Wildman–Crippen LogP) is 11.6. The molecule has 0 fully saturated rings. The summed E-state index contributed by atoms with van der Waals surface area (Å²) in [5.41, 5.74) is 14.5. The van der Waals surface area contributed by atoms with Crippen molar-refractivity contribution in [3.05, 3.63) is 181 Å². The van der Waals surface area contributed by atoms with Gasteiger partial charge in [0.25, 0.3) is 0 Å². The lowest BCUT2D eigenvalue weighted by atomic mass is 9.94. The van der Waals surface area contributed by atoms with Gasteiger partial charge in [-0.2, -0.15) is 0 Å². The van der Waals surface area contributed by atoms with Crippen LogP contribution in [0.15, 0.2) is 170 Å². The molecule has 0 spiro atoms. The summed E-state index contributed by atoms with van der Waals surface area (Å²) in [6, 6.07) is 59.1. The number of aryl methyl sites for hydroxylation is 2. The summed E-state index contributed by atoms with van der Waals surface area (Å²) in [4.78, 5) is 19.7. The second kappa shape index (κ2) is 13.5. The topological polar surface area (TPSA) is 51.6 Å². The fourth-order valence-corrected chi connectivity index (χ4v) is 6.33. The molecule has 8 rings (SSSR count). The van der Waals surface area contributed by atoms with Crippen LogP contribution in [0.25, 0.3) is 78.7 Å². The number of aromatic nitrogens is 4. The van der Waals surface area contributed by atoms with E-state index in [2.05, 4.69) is 131 Å². The first-order valence-corrected chi connectivity index (χ1v) is 16.8. The fraction of sp³-hybridized carbons (Fsp3) is 0.0435. The van der Waals surface area contributed by atoms with Crippen molar-refractivity contribution in [1.29, 1.82) is 0 Å². The molecular formula is C46H34N4. The third-order valence-electron chi connectivity index (χ3n) is 8.84. The number of nitrogens with zero attached hydrogens (tertiary/aromatic N) is 4. The van der Waals surface area contributed by atoms with Crippen LogP contribution in [0.5, 0.6) is 0 Å². The molecule has 0 aliphatic rings. The molecule has 2 aromatic heterocycles. The van der Waals surface area contributed by atoms with Gasteiger partial charge in [0.1, 0.15) is 0 Å². The lowest BCUT2D eigenvalue weighted by Gasteiger charge is -2.14. The Kier molecular flexibility index (Phi) is 8.34. The maximum atomic E-state index is 5.17. The third-order valence-corrected chi connectivity index (χ3v) is 8.84. The van der Waals surface area contributed by atoms with Crippen LogP contribution in [0.2, 0.25) is 0 Å². The van der Waals surface area contributed by atoms with Crippen LogP contribution < -0.4 is 0 Å². The SMILES string of the molecule is Cc1cc(C)nc(-c2ccc(-c3cc(-c4ccc(-c5ccccc5)cc4)cc(-c4nc(-c5ccccc5)cc(-c5ccccc5)n4)c3)cc2)n1. The molecule has 0 radical (unpaired) electrons. The second-order valence-corrected chi connectivity index (χ2v) is 12.5. The van der Waals surface area contributed by atoms with Crippen molar-refractivity contribution in [3.8, 4) is 78.7 Å². The summed E-state index contributed by atoms with van der Waals surface area (Å²) in [5, 5.41) is 0. The van der Waals surface area contributed by atoms with E-state index in [-0.39, 0.29) is 0 Å². The van der Waals surface area contributed by atoms with E-state index in [1.54, 1.807) is 0 Å². The molecule has 0 aliphatic heterocycles. The van der Waals surface area contributed by atoms with Gasteiger partial charge in [0, 0.05) is 33.6 Å². The van der Waals surface area contributed by atoms with Crippen molar-refractivity contribution in [2.45, 2.75) is 13.8 Å². The standard InChI is InChI=1S/C46H34N4/c1-31-26-32(2)48-45(47-31)39-24-22-36(23-25-39)41-27-40(35-20-18-34(19-21-35)33-12-6-3-7-13-33)28-42(29-41)46-49-43(37-14-8-4-9-15-37)30-44(50-46)38-16-10-5-11-17-38/h3-30H,1-2H3. The predicted molar refractivity (Wildman–Crippen MR) is 205 cm³/mol. The van der Waals surface area contributed by atoms with Gasteiger partial charge in [-0.15, -0.1) is 0 Å². The Bertz CT molecular complexity index is 2330. The first-order valence-electron chi connectivity index (χ1n) is 16.8. The van der Waals surface area contributed by atoms with Crippen molar-refractivity contribution in [3.63, 3.8) is 0 Å². The van der Waals surface area contributed by atoms with E-state index in [0.29, 0.717) is 5.82 Å². The smallest absolute Gasteiger partial charge is 0.160 e. The van der Waals surface area contributed by atoms with E-state index in [1.807, 2.05) is 62.4 Å². The highest BCUT2D eigenvalue weighted by molar-refractivity contribution is 5.82. The Morgan fingerprint density at radius 2 is 0.600 bits per heavy atom. The highest BCUT2D eigenvalue weighted by Gasteiger charge is 2.14. The lowest BCUT2D eigenvalue weighted by Crippen LogP contribution is -1.97. The molecule has 0 saturated heterocycles. The second-order valence-electron chi connectivity index (χ2n) is 12.5. The van der Waals surface area contributed by atoms with Gasteiger partial charge >= 0.3 is 0 Å². The molecular weight excluding hydrogens is 609 g/mol. The van der Waals surface area contributed by atoms with Crippen LogP contribution in [0.4, 0.5) is 0 Å². The third kappa shape index (κ3) is 6.60.